The Morgan fingerprint density at radius 3 is 2.10 bits per heavy atom. The highest BCUT2D eigenvalue weighted by atomic mass is 16.5. The van der Waals surface area contributed by atoms with Gasteiger partial charge >= 0.3 is 5.97 Å². The normalized spacial score (nSPS) is 14.1. The summed E-state index contributed by atoms with van der Waals surface area (Å²) in [6.07, 6.45) is 2.73. The SMILES string of the molecule is CC(C)CCNC(=O)C(C)CCC(C)COC(=O)C(C)C. The minimum absolute atomic E-state index is 0.0143. The summed E-state index contributed by atoms with van der Waals surface area (Å²) in [4.78, 5) is 23.3. The zero-order valence-electron chi connectivity index (χ0n) is 14.6. The lowest BCUT2D eigenvalue weighted by Crippen LogP contribution is -2.31. The van der Waals surface area contributed by atoms with Crippen molar-refractivity contribution in [1.82, 2.24) is 5.32 Å². The minimum Gasteiger partial charge on any atom is -0.465 e. The second-order valence-corrected chi connectivity index (χ2v) is 6.84. The van der Waals surface area contributed by atoms with E-state index in [-0.39, 0.29) is 23.7 Å². The Morgan fingerprint density at radius 2 is 1.57 bits per heavy atom. The van der Waals surface area contributed by atoms with Gasteiger partial charge in [-0.3, -0.25) is 9.59 Å². The first-order valence-corrected chi connectivity index (χ1v) is 8.18. The molecular weight excluding hydrogens is 266 g/mol. The van der Waals surface area contributed by atoms with Crippen LogP contribution < -0.4 is 5.32 Å². The highest BCUT2D eigenvalue weighted by Crippen LogP contribution is 2.14. The molecule has 0 fully saturated rings. The standard InChI is InChI=1S/C17H33NO3/c1-12(2)9-10-18-16(19)15(6)8-7-14(5)11-21-17(20)13(3)4/h12-15H,7-11H2,1-6H3,(H,18,19). The lowest BCUT2D eigenvalue weighted by atomic mass is 9.98. The van der Waals surface area contributed by atoms with E-state index in [4.69, 9.17) is 4.74 Å². The Bertz CT molecular complexity index is 313. The fraction of sp³-hybridized carbons (Fsp3) is 0.882. The zero-order chi connectivity index (χ0) is 16.4. The monoisotopic (exact) mass is 299 g/mol. The van der Waals surface area contributed by atoms with Crippen molar-refractivity contribution in [3.8, 4) is 0 Å². The summed E-state index contributed by atoms with van der Waals surface area (Å²) in [7, 11) is 0. The fourth-order valence-electron chi connectivity index (χ4n) is 1.80. The third-order valence-electron chi connectivity index (χ3n) is 3.54. The molecule has 0 radical (unpaired) electrons. The predicted octanol–water partition coefficient (Wildman–Crippen LogP) is 3.40. The molecule has 0 bridgehead atoms. The molecule has 2 atom stereocenters. The van der Waals surface area contributed by atoms with Crippen LogP contribution in [0.15, 0.2) is 0 Å². The van der Waals surface area contributed by atoms with Crippen molar-refractivity contribution >= 4 is 11.9 Å². The smallest absolute Gasteiger partial charge is 0.308 e. The van der Waals surface area contributed by atoms with Gasteiger partial charge in [-0.25, -0.2) is 0 Å². The van der Waals surface area contributed by atoms with Crippen LogP contribution in [0, 0.1) is 23.7 Å². The van der Waals surface area contributed by atoms with Crippen LogP contribution in [-0.4, -0.2) is 25.0 Å². The van der Waals surface area contributed by atoms with Gasteiger partial charge in [0.2, 0.25) is 5.91 Å². The molecule has 0 aliphatic heterocycles. The van der Waals surface area contributed by atoms with Crippen LogP contribution in [0.1, 0.15) is 60.8 Å². The molecule has 124 valence electrons. The van der Waals surface area contributed by atoms with Gasteiger partial charge in [0.1, 0.15) is 0 Å². The van der Waals surface area contributed by atoms with Crippen LogP contribution >= 0.6 is 0 Å². The van der Waals surface area contributed by atoms with Crippen molar-refractivity contribution in [3.63, 3.8) is 0 Å². The first-order valence-electron chi connectivity index (χ1n) is 8.18. The van der Waals surface area contributed by atoms with E-state index in [0.29, 0.717) is 18.4 Å². The van der Waals surface area contributed by atoms with Crippen LogP contribution in [0.4, 0.5) is 0 Å². The van der Waals surface area contributed by atoms with Crippen LogP contribution in [0.5, 0.6) is 0 Å². The lowest BCUT2D eigenvalue weighted by molar-refractivity contribution is -0.148. The quantitative estimate of drug-likeness (QED) is 0.629. The van der Waals surface area contributed by atoms with Gasteiger partial charge in [0, 0.05) is 12.5 Å². The molecule has 0 saturated carbocycles. The molecule has 21 heavy (non-hydrogen) atoms. The second kappa shape index (κ2) is 10.6. The molecule has 0 aromatic carbocycles. The molecule has 0 aromatic rings. The number of hydrogen-bond acceptors (Lipinski definition) is 3. The number of amides is 1. The van der Waals surface area contributed by atoms with Crippen LogP contribution in [0.25, 0.3) is 0 Å². The summed E-state index contributed by atoms with van der Waals surface area (Å²) in [5.74, 6) is 0.807. The Labute approximate surface area is 130 Å². The van der Waals surface area contributed by atoms with Gasteiger partial charge in [0.25, 0.3) is 0 Å². The third kappa shape index (κ3) is 10.3. The lowest BCUT2D eigenvalue weighted by Gasteiger charge is -2.16. The molecule has 2 unspecified atom stereocenters. The van der Waals surface area contributed by atoms with E-state index in [1.54, 1.807) is 0 Å². The molecule has 0 aromatic heterocycles. The first kappa shape index (κ1) is 19.9. The van der Waals surface area contributed by atoms with Gasteiger partial charge < -0.3 is 10.1 Å². The van der Waals surface area contributed by atoms with Crippen molar-refractivity contribution in [2.24, 2.45) is 23.7 Å². The number of ether oxygens (including phenoxy) is 1. The van der Waals surface area contributed by atoms with Gasteiger partial charge in [-0.1, -0.05) is 41.5 Å². The van der Waals surface area contributed by atoms with E-state index in [1.165, 1.54) is 0 Å². The Hall–Kier alpha value is -1.06. The van der Waals surface area contributed by atoms with Crippen molar-refractivity contribution in [1.29, 1.82) is 0 Å². The second-order valence-electron chi connectivity index (χ2n) is 6.84. The zero-order valence-corrected chi connectivity index (χ0v) is 14.6. The summed E-state index contributed by atoms with van der Waals surface area (Å²) in [6.45, 7) is 13.2. The Kier molecular flexibility index (Phi) is 10.1. The van der Waals surface area contributed by atoms with E-state index in [0.717, 1.165) is 25.8 Å². The molecular formula is C17H33NO3. The van der Waals surface area contributed by atoms with Crippen LogP contribution in [-0.2, 0) is 14.3 Å². The Morgan fingerprint density at radius 1 is 0.952 bits per heavy atom. The van der Waals surface area contributed by atoms with Gasteiger partial charge in [0.05, 0.1) is 12.5 Å². The van der Waals surface area contributed by atoms with Gasteiger partial charge in [-0.05, 0) is 31.1 Å². The van der Waals surface area contributed by atoms with Crippen molar-refractivity contribution in [3.05, 3.63) is 0 Å². The highest BCUT2D eigenvalue weighted by molar-refractivity contribution is 5.78. The summed E-state index contributed by atoms with van der Waals surface area (Å²) in [5.41, 5.74) is 0. The molecule has 0 aliphatic rings. The molecule has 4 nitrogen and oxygen atoms in total. The van der Waals surface area contributed by atoms with Crippen molar-refractivity contribution in [2.75, 3.05) is 13.2 Å². The summed E-state index contributed by atoms with van der Waals surface area (Å²) >= 11 is 0. The number of hydrogen-bond donors (Lipinski definition) is 1. The van der Waals surface area contributed by atoms with Gasteiger partial charge in [-0.15, -0.1) is 0 Å². The van der Waals surface area contributed by atoms with Crippen LogP contribution in [0.3, 0.4) is 0 Å². The van der Waals surface area contributed by atoms with Crippen LogP contribution in [0.2, 0.25) is 0 Å². The van der Waals surface area contributed by atoms with E-state index < -0.39 is 0 Å². The van der Waals surface area contributed by atoms with Crippen molar-refractivity contribution < 1.29 is 14.3 Å². The fourth-order valence-corrected chi connectivity index (χ4v) is 1.80. The Balaban J connectivity index is 3.82. The molecule has 1 amide bonds. The maximum absolute atomic E-state index is 11.9. The molecule has 0 heterocycles. The maximum atomic E-state index is 11.9. The molecule has 0 aliphatic carbocycles. The summed E-state index contributed by atoms with van der Waals surface area (Å²) in [5, 5.41) is 2.98. The number of esters is 1. The van der Waals surface area contributed by atoms with E-state index in [9.17, 15) is 9.59 Å². The predicted molar refractivity (Wildman–Crippen MR) is 85.8 cm³/mol. The number of carbonyl (C=O) groups excluding carboxylic acids is 2. The number of carbonyl (C=O) groups is 2. The highest BCUT2D eigenvalue weighted by Gasteiger charge is 2.15. The largest absolute Gasteiger partial charge is 0.465 e. The number of rotatable bonds is 10. The van der Waals surface area contributed by atoms with E-state index in [1.807, 2.05) is 20.8 Å². The summed E-state index contributed by atoms with van der Waals surface area (Å²) in [6, 6.07) is 0. The molecule has 0 spiro atoms. The maximum Gasteiger partial charge on any atom is 0.308 e. The van der Waals surface area contributed by atoms with Gasteiger partial charge in [0.15, 0.2) is 0 Å². The molecule has 4 heteroatoms. The number of nitrogens with one attached hydrogen (secondary N) is 1. The average Bonchev–Trinajstić information content (AvgIpc) is 2.41. The van der Waals surface area contributed by atoms with E-state index >= 15 is 0 Å². The topological polar surface area (TPSA) is 55.4 Å². The first-order chi connectivity index (χ1) is 9.73. The molecule has 0 rings (SSSR count). The van der Waals surface area contributed by atoms with Gasteiger partial charge in [-0.2, -0.15) is 0 Å². The van der Waals surface area contributed by atoms with Crippen molar-refractivity contribution in [2.45, 2.75) is 60.8 Å². The average molecular weight is 299 g/mol. The summed E-state index contributed by atoms with van der Waals surface area (Å²) < 4.78 is 5.21. The molecule has 1 N–H and O–H groups in total. The third-order valence-corrected chi connectivity index (χ3v) is 3.54. The molecule has 0 saturated heterocycles. The van der Waals surface area contributed by atoms with E-state index in [2.05, 4.69) is 26.1 Å². The minimum atomic E-state index is -0.152.